The number of hydrogen-bond acceptors (Lipinski definition) is 3. The van der Waals surface area contributed by atoms with Crippen LogP contribution in [0.3, 0.4) is 0 Å². The monoisotopic (exact) mass is 346 g/mol. The summed E-state index contributed by atoms with van der Waals surface area (Å²) in [5.74, 6) is 0.830. The average Bonchev–Trinajstić information content (AvgIpc) is 2.78. The normalized spacial score (nSPS) is 13.4. The minimum Gasteiger partial charge on any atom is -0.497 e. The molecule has 21 heavy (non-hydrogen) atoms. The van der Waals surface area contributed by atoms with E-state index >= 15 is 0 Å². The van der Waals surface area contributed by atoms with Crippen LogP contribution in [0.25, 0.3) is 0 Å². The van der Waals surface area contributed by atoms with Gasteiger partial charge in [-0.3, -0.25) is 4.79 Å². The highest BCUT2D eigenvalue weighted by atomic mass is 79.9. The number of nitrogen functional groups attached to an aromatic ring is 1. The van der Waals surface area contributed by atoms with Crippen molar-refractivity contribution in [1.82, 2.24) is 4.90 Å². The van der Waals surface area contributed by atoms with E-state index in [1.807, 2.05) is 36.4 Å². The van der Waals surface area contributed by atoms with Crippen LogP contribution in [-0.2, 0) is 13.1 Å². The van der Waals surface area contributed by atoms with Crippen molar-refractivity contribution in [3.05, 3.63) is 57.6 Å². The van der Waals surface area contributed by atoms with Gasteiger partial charge in [0.25, 0.3) is 5.91 Å². The molecule has 1 heterocycles. The Morgan fingerprint density at radius 2 is 2.00 bits per heavy atom. The van der Waals surface area contributed by atoms with Crippen molar-refractivity contribution in [3.8, 4) is 5.75 Å². The van der Waals surface area contributed by atoms with Gasteiger partial charge in [-0.25, -0.2) is 0 Å². The Balaban J connectivity index is 1.82. The molecule has 0 radical (unpaired) electrons. The molecule has 0 atom stereocenters. The first kappa shape index (κ1) is 13.9. The van der Waals surface area contributed by atoms with Gasteiger partial charge in [0.05, 0.1) is 7.11 Å². The van der Waals surface area contributed by atoms with E-state index in [4.69, 9.17) is 10.5 Å². The first-order valence-electron chi connectivity index (χ1n) is 6.58. The van der Waals surface area contributed by atoms with Gasteiger partial charge in [-0.15, -0.1) is 0 Å². The van der Waals surface area contributed by atoms with Crippen molar-refractivity contribution < 1.29 is 9.53 Å². The number of anilines is 1. The molecule has 0 aromatic heterocycles. The molecule has 2 aromatic rings. The van der Waals surface area contributed by atoms with E-state index in [-0.39, 0.29) is 5.91 Å². The van der Waals surface area contributed by atoms with Crippen LogP contribution in [0.1, 0.15) is 21.5 Å². The number of nitrogens with two attached hydrogens (primary N) is 1. The Hall–Kier alpha value is -2.01. The summed E-state index contributed by atoms with van der Waals surface area (Å²) in [7, 11) is 1.64. The first-order chi connectivity index (χ1) is 10.1. The topological polar surface area (TPSA) is 55.6 Å². The second-order valence-corrected chi connectivity index (χ2v) is 5.95. The summed E-state index contributed by atoms with van der Waals surface area (Å²) in [6, 6.07) is 11.4. The first-order valence-corrected chi connectivity index (χ1v) is 7.38. The Morgan fingerprint density at radius 1 is 1.29 bits per heavy atom. The summed E-state index contributed by atoms with van der Waals surface area (Å²) >= 11 is 3.38. The maximum atomic E-state index is 12.5. The van der Waals surface area contributed by atoms with Crippen LogP contribution in [0, 0.1) is 0 Å². The van der Waals surface area contributed by atoms with Crippen molar-refractivity contribution in [3.63, 3.8) is 0 Å². The number of ether oxygens (including phenoxy) is 1. The van der Waals surface area contributed by atoms with Crippen molar-refractivity contribution >= 4 is 27.5 Å². The van der Waals surface area contributed by atoms with Crippen LogP contribution in [0.15, 0.2) is 40.9 Å². The molecule has 3 rings (SSSR count). The van der Waals surface area contributed by atoms with E-state index in [1.54, 1.807) is 12.0 Å². The SMILES string of the molecule is COc1ccc(CN2Cc3c(N)cc(Br)cc3C2=O)cc1. The molecule has 0 spiro atoms. The van der Waals surface area contributed by atoms with Crippen LogP contribution in [0.5, 0.6) is 5.75 Å². The molecule has 0 aliphatic carbocycles. The second kappa shape index (κ2) is 5.41. The van der Waals surface area contributed by atoms with Crippen molar-refractivity contribution in [2.45, 2.75) is 13.1 Å². The summed E-state index contributed by atoms with van der Waals surface area (Å²) in [4.78, 5) is 14.3. The molecule has 1 aliphatic rings. The molecular weight excluding hydrogens is 332 g/mol. The van der Waals surface area contributed by atoms with E-state index in [0.717, 1.165) is 21.3 Å². The molecule has 0 unspecified atom stereocenters. The molecule has 5 heteroatoms. The van der Waals surface area contributed by atoms with E-state index in [9.17, 15) is 4.79 Å². The third kappa shape index (κ3) is 2.61. The van der Waals surface area contributed by atoms with Gasteiger partial charge in [-0.05, 0) is 29.8 Å². The standard InChI is InChI=1S/C16H15BrN2O2/c1-21-12-4-2-10(3-5-12)8-19-9-14-13(16(19)20)6-11(17)7-15(14)18/h2-7H,8-9,18H2,1H3. The predicted molar refractivity (Wildman–Crippen MR) is 85.1 cm³/mol. The quantitative estimate of drug-likeness (QED) is 0.868. The molecular formula is C16H15BrN2O2. The Morgan fingerprint density at radius 3 is 2.67 bits per heavy atom. The lowest BCUT2D eigenvalue weighted by Crippen LogP contribution is -2.23. The van der Waals surface area contributed by atoms with E-state index < -0.39 is 0 Å². The number of amides is 1. The number of carbonyl (C=O) groups is 1. The van der Waals surface area contributed by atoms with E-state index in [2.05, 4.69) is 15.9 Å². The smallest absolute Gasteiger partial charge is 0.254 e. The third-order valence-corrected chi connectivity index (χ3v) is 4.11. The molecule has 0 saturated heterocycles. The van der Waals surface area contributed by atoms with Crippen molar-refractivity contribution in [1.29, 1.82) is 0 Å². The Kier molecular flexibility index (Phi) is 3.59. The summed E-state index contributed by atoms with van der Waals surface area (Å²) < 4.78 is 5.97. The zero-order chi connectivity index (χ0) is 15.0. The highest BCUT2D eigenvalue weighted by Gasteiger charge is 2.29. The fourth-order valence-corrected chi connectivity index (χ4v) is 3.01. The summed E-state index contributed by atoms with van der Waals surface area (Å²) in [5.41, 5.74) is 9.33. The predicted octanol–water partition coefficient (Wildman–Crippen LogP) is 3.20. The zero-order valence-electron chi connectivity index (χ0n) is 11.6. The van der Waals surface area contributed by atoms with Gasteiger partial charge in [0.1, 0.15) is 5.75 Å². The molecule has 4 nitrogen and oxygen atoms in total. The Labute approximate surface area is 131 Å². The molecule has 0 fully saturated rings. The summed E-state index contributed by atoms with van der Waals surface area (Å²) in [6.07, 6.45) is 0. The average molecular weight is 347 g/mol. The lowest BCUT2D eigenvalue weighted by atomic mass is 10.1. The summed E-state index contributed by atoms with van der Waals surface area (Å²) in [6.45, 7) is 1.12. The fraction of sp³-hybridized carbons (Fsp3) is 0.188. The van der Waals surface area contributed by atoms with Crippen LogP contribution >= 0.6 is 15.9 Å². The lowest BCUT2D eigenvalue weighted by Gasteiger charge is -2.15. The Bertz CT molecular complexity index is 698. The molecule has 1 aliphatic heterocycles. The van der Waals surface area contributed by atoms with Gasteiger partial charge in [0, 0.05) is 34.4 Å². The molecule has 2 N–H and O–H groups in total. The number of benzene rings is 2. The van der Waals surface area contributed by atoms with Crippen LogP contribution in [0.4, 0.5) is 5.69 Å². The number of fused-ring (bicyclic) bond motifs is 1. The number of methoxy groups -OCH3 is 1. The number of nitrogens with zero attached hydrogens (tertiary/aromatic N) is 1. The van der Waals surface area contributed by atoms with Gasteiger partial charge in [0.15, 0.2) is 0 Å². The summed E-state index contributed by atoms with van der Waals surface area (Å²) in [5, 5.41) is 0. The van der Waals surface area contributed by atoms with Gasteiger partial charge in [-0.1, -0.05) is 28.1 Å². The number of rotatable bonds is 3. The van der Waals surface area contributed by atoms with Crippen molar-refractivity contribution in [2.75, 3.05) is 12.8 Å². The fourth-order valence-electron chi connectivity index (χ4n) is 2.54. The van der Waals surface area contributed by atoms with Crippen LogP contribution < -0.4 is 10.5 Å². The highest BCUT2D eigenvalue weighted by molar-refractivity contribution is 9.10. The molecule has 1 amide bonds. The second-order valence-electron chi connectivity index (χ2n) is 5.03. The van der Waals surface area contributed by atoms with Gasteiger partial charge in [0.2, 0.25) is 0 Å². The molecule has 0 saturated carbocycles. The van der Waals surface area contributed by atoms with Crippen molar-refractivity contribution in [2.24, 2.45) is 0 Å². The molecule has 2 aromatic carbocycles. The minimum atomic E-state index is 0.0221. The molecule has 108 valence electrons. The van der Waals surface area contributed by atoms with Gasteiger partial charge in [-0.2, -0.15) is 0 Å². The third-order valence-electron chi connectivity index (χ3n) is 3.65. The highest BCUT2D eigenvalue weighted by Crippen LogP contribution is 2.32. The number of halogens is 1. The molecule has 0 bridgehead atoms. The number of hydrogen-bond donors (Lipinski definition) is 1. The van der Waals surface area contributed by atoms with Crippen LogP contribution in [0.2, 0.25) is 0 Å². The van der Waals surface area contributed by atoms with Gasteiger partial charge < -0.3 is 15.4 Å². The largest absolute Gasteiger partial charge is 0.497 e. The van der Waals surface area contributed by atoms with Crippen LogP contribution in [-0.4, -0.2) is 17.9 Å². The van der Waals surface area contributed by atoms with E-state index in [0.29, 0.717) is 24.3 Å². The maximum absolute atomic E-state index is 12.5. The minimum absolute atomic E-state index is 0.0221. The lowest BCUT2D eigenvalue weighted by molar-refractivity contribution is 0.0767. The van der Waals surface area contributed by atoms with E-state index in [1.165, 1.54) is 0 Å². The number of carbonyl (C=O) groups excluding carboxylic acids is 1. The van der Waals surface area contributed by atoms with Gasteiger partial charge >= 0.3 is 0 Å². The zero-order valence-corrected chi connectivity index (χ0v) is 13.2. The maximum Gasteiger partial charge on any atom is 0.254 e.